The molecule has 0 aromatic heterocycles. The third-order valence-corrected chi connectivity index (χ3v) is 1.38. The first-order chi connectivity index (χ1) is 5.27. The molecule has 4 heteroatoms. The number of ether oxygens (including phenoxy) is 1. The van der Waals surface area contributed by atoms with Crippen LogP contribution in [-0.4, -0.2) is 15.0 Å². The van der Waals surface area contributed by atoms with Crippen molar-refractivity contribution in [2.24, 2.45) is 5.84 Å². The van der Waals surface area contributed by atoms with Gasteiger partial charge < -0.3 is 10.2 Å². The quantitative estimate of drug-likeness (QED) is 0.346. The smallest absolute Gasteiger partial charge is 0.143 e. The highest BCUT2D eigenvalue weighted by Gasteiger charge is 1.98. The second-order valence-electron chi connectivity index (χ2n) is 2.10. The van der Waals surface area contributed by atoms with Crippen LogP contribution in [0.15, 0.2) is 18.2 Å². The topological polar surface area (TPSA) is 47.3 Å². The highest BCUT2D eigenvalue weighted by atomic mass is 16.5. The van der Waals surface area contributed by atoms with Crippen molar-refractivity contribution in [2.45, 2.75) is 0 Å². The number of nitrogens with one attached hydrogen (secondary N) is 1. The SMILES string of the molecule is [B]c1ccc(OC)c(NN)c1. The van der Waals surface area contributed by atoms with E-state index in [-0.39, 0.29) is 0 Å². The molecular formula is C7H9BN2O. The summed E-state index contributed by atoms with van der Waals surface area (Å²) in [6.07, 6.45) is 0. The molecule has 0 saturated carbocycles. The van der Waals surface area contributed by atoms with Gasteiger partial charge in [-0.15, -0.1) is 0 Å². The molecular weight excluding hydrogens is 139 g/mol. The fourth-order valence-electron chi connectivity index (χ4n) is 0.838. The van der Waals surface area contributed by atoms with Crippen molar-refractivity contribution < 1.29 is 4.74 Å². The summed E-state index contributed by atoms with van der Waals surface area (Å²) in [5.41, 5.74) is 3.82. The minimum absolute atomic E-state index is 0.652. The summed E-state index contributed by atoms with van der Waals surface area (Å²) < 4.78 is 4.99. The molecule has 0 saturated heterocycles. The molecule has 0 aliphatic heterocycles. The second-order valence-corrected chi connectivity index (χ2v) is 2.10. The molecule has 0 aliphatic rings. The van der Waals surface area contributed by atoms with Crippen LogP contribution < -0.4 is 21.5 Å². The van der Waals surface area contributed by atoms with Crippen molar-refractivity contribution >= 4 is 19.0 Å². The summed E-state index contributed by atoms with van der Waals surface area (Å²) in [4.78, 5) is 0. The number of nitrogen functional groups attached to an aromatic ring is 1. The predicted molar refractivity (Wildman–Crippen MR) is 46.2 cm³/mol. The maximum absolute atomic E-state index is 5.51. The Morgan fingerprint density at radius 3 is 2.82 bits per heavy atom. The summed E-state index contributed by atoms with van der Waals surface area (Å²) in [6.45, 7) is 0. The monoisotopic (exact) mass is 148 g/mol. The average Bonchev–Trinajstić information content (AvgIpc) is 2.04. The third-order valence-electron chi connectivity index (χ3n) is 1.38. The van der Waals surface area contributed by atoms with E-state index in [1.807, 2.05) is 0 Å². The standard InChI is InChI=1S/C7H9BN2O/c1-11-7-3-2-5(8)4-6(7)10-9/h2-4,10H,9H2,1H3. The molecule has 0 fully saturated rings. The lowest BCUT2D eigenvalue weighted by atomic mass is 9.96. The number of anilines is 1. The Morgan fingerprint density at radius 1 is 1.55 bits per heavy atom. The Kier molecular flexibility index (Phi) is 2.38. The molecule has 11 heavy (non-hydrogen) atoms. The van der Waals surface area contributed by atoms with Crippen molar-refractivity contribution in [3.05, 3.63) is 18.2 Å². The molecule has 0 spiro atoms. The van der Waals surface area contributed by atoms with Gasteiger partial charge in [-0.2, -0.15) is 0 Å². The van der Waals surface area contributed by atoms with Crippen LogP contribution in [-0.2, 0) is 0 Å². The predicted octanol–water partition coefficient (Wildman–Crippen LogP) is -0.225. The third kappa shape index (κ3) is 1.65. The first kappa shape index (κ1) is 7.95. The zero-order valence-electron chi connectivity index (χ0n) is 6.29. The van der Waals surface area contributed by atoms with E-state index >= 15 is 0 Å². The molecule has 0 amide bonds. The van der Waals surface area contributed by atoms with Crippen LogP contribution in [0.3, 0.4) is 0 Å². The van der Waals surface area contributed by atoms with Crippen molar-refractivity contribution in [1.29, 1.82) is 0 Å². The first-order valence-electron chi connectivity index (χ1n) is 3.18. The van der Waals surface area contributed by atoms with Crippen LogP contribution in [0.2, 0.25) is 0 Å². The molecule has 1 rings (SSSR count). The van der Waals surface area contributed by atoms with Gasteiger partial charge in [0.25, 0.3) is 0 Å². The molecule has 1 aromatic rings. The van der Waals surface area contributed by atoms with Gasteiger partial charge in [-0.25, -0.2) is 0 Å². The number of rotatable bonds is 2. The Labute approximate surface area is 66.9 Å². The highest BCUT2D eigenvalue weighted by Crippen LogP contribution is 2.20. The zero-order chi connectivity index (χ0) is 8.27. The lowest BCUT2D eigenvalue weighted by Crippen LogP contribution is -2.11. The summed E-state index contributed by atoms with van der Waals surface area (Å²) in [5.74, 6) is 5.89. The van der Waals surface area contributed by atoms with Gasteiger partial charge in [0.2, 0.25) is 0 Å². The van der Waals surface area contributed by atoms with Crippen LogP contribution in [0.1, 0.15) is 0 Å². The van der Waals surface area contributed by atoms with E-state index in [1.54, 1.807) is 25.3 Å². The van der Waals surface area contributed by atoms with Crippen LogP contribution in [0.5, 0.6) is 5.75 Å². The first-order valence-corrected chi connectivity index (χ1v) is 3.18. The highest BCUT2D eigenvalue weighted by molar-refractivity contribution is 6.32. The minimum Gasteiger partial charge on any atom is -0.495 e. The number of hydrogen-bond acceptors (Lipinski definition) is 3. The van der Waals surface area contributed by atoms with Gasteiger partial charge in [-0.3, -0.25) is 5.84 Å². The molecule has 2 radical (unpaired) electrons. The number of hydrazine groups is 1. The Morgan fingerprint density at radius 2 is 2.27 bits per heavy atom. The van der Waals surface area contributed by atoms with Crippen LogP contribution in [0.25, 0.3) is 0 Å². The number of benzene rings is 1. The zero-order valence-corrected chi connectivity index (χ0v) is 6.29. The largest absolute Gasteiger partial charge is 0.495 e. The van der Waals surface area contributed by atoms with Gasteiger partial charge in [-0.05, 0) is 12.1 Å². The van der Waals surface area contributed by atoms with E-state index in [9.17, 15) is 0 Å². The minimum atomic E-state index is 0.652. The summed E-state index contributed by atoms with van der Waals surface area (Å²) in [6, 6.07) is 5.21. The molecule has 56 valence electrons. The van der Waals surface area contributed by atoms with Crippen molar-refractivity contribution in [2.75, 3.05) is 12.5 Å². The molecule has 1 aromatic carbocycles. The van der Waals surface area contributed by atoms with Gasteiger partial charge in [-0.1, -0.05) is 11.5 Å². The Hall–Kier alpha value is -1.16. The van der Waals surface area contributed by atoms with Gasteiger partial charge in [0.15, 0.2) is 0 Å². The van der Waals surface area contributed by atoms with Gasteiger partial charge in [0.05, 0.1) is 12.8 Å². The Bertz CT molecular complexity index is 252. The maximum Gasteiger partial charge on any atom is 0.143 e. The molecule has 0 bridgehead atoms. The Balaban J connectivity index is 3.06. The molecule has 3 N–H and O–H groups in total. The van der Waals surface area contributed by atoms with E-state index in [0.717, 1.165) is 0 Å². The molecule has 0 aliphatic carbocycles. The number of hydrogen-bond donors (Lipinski definition) is 2. The van der Waals surface area contributed by atoms with Gasteiger partial charge in [0.1, 0.15) is 13.6 Å². The van der Waals surface area contributed by atoms with Gasteiger partial charge in [0, 0.05) is 0 Å². The fraction of sp³-hybridized carbons (Fsp3) is 0.143. The fourth-order valence-corrected chi connectivity index (χ4v) is 0.838. The van der Waals surface area contributed by atoms with Crippen molar-refractivity contribution in [3.63, 3.8) is 0 Å². The average molecular weight is 148 g/mol. The van der Waals surface area contributed by atoms with E-state index in [1.165, 1.54) is 0 Å². The van der Waals surface area contributed by atoms with E-state index in [4.69, 9.17) is 18.4 Å². The second kappa shape index (κ2) is 3.30. The van der Waals surface area contributed by atoms with Crippen LogP contribution in [0.4, 0.5) is 5.69 Å². The molecule has 3 nitrogen and oxygen atoms in total. The normalized spacial score (nSPS) is 9.27. The lowest BCUT2D eigenvalue weighted by molar-refractivity contribution is 0.416. The van der Waals surface area contributed by atoms with Crippen LogP contribution in [0, 0.1) is 0 Å². The van der Waals surface area contributed by atoms with Crippen molar-refractivity contribution in [3.8, 4) is 5.75 Å². The van der Waals surface area contributed by atoms with E-state index in [0.29, 0.717) is 16.9 Å². The number of methoxy groups -OCH3 is 1. The van der Waals surface area contributed by atoms with E-state index < -0.39 is 0 Å². The molecule has 0 heterocycles. The maximum atomic E-state index is 5.51. The molecule has 0 unspecified atom stereocenters. The number of nitrogens with two attached hydrogens (primary N) is 1. The van der Waals surface area contributed by atoms with Crippen LogP contribution >= 0.6 is 0 Å². The van der Waals surface area contributed by atoms with Gasteiger partial charge >= 0.3 is 0 Å². The summed E-state index contributed by atoms with van der Waals surface area (Å²) in [7, 11) is 7.08. The molecule has 0 atom stereocenters. The van der Waals surface area contributed by atoms with Crippen molar-refractivity contribution in [1.82, 2.24) is 0 Å². The summed E-state index contributed by atoms with van der Waals surface area (Å²) in [5, 5.41) is 0. The van der Waals surface area contributed by atoms with E-state index in [2.05, 4.69) is 5.43 Å². The summed E-state index contributed by atoms with van der Waals surface area (Å²) >= 11 is 0. The lowest BCUT2D eigenvalue weighted by Gasteiger charge is -2.07.